The van der Waals surface area contributed by atoms with Gasteiger partial charge >= 0.3 is 6.09 Å². The molecule has 0 aliphatic carbocycles. The van der Waals surface area contributed by atoms with E-state index in [0.29, 0.717) is 0 Å². The summed E-state index contributed by atoms with van der Waals surface area (Å²) in [5, 5.41) is 7.19. The Morgan fingerprint density at radius 2 is 1.86 bits per heavy atom. The Bertz CT molecular complexity index is 256. The maximum atomic E-state index is 8.78. The zero-order chi connectivity index (χ0) is 11.0. The molecule has 4 heteroatoms. The highest BCUT2D eigenvalue weighted by molar-refractivity contribution is 5.61. The zero-order valence-electron chi connectivity index (χ0n) is 8.18. The van der Waals surface area contributed by atoms with Gasteiger partial charge in [0, 0.05) is 6.04 Å². The van der Waals surface area contributed by atoms with E-state index in [1.54, 1.807) is 0 Å². The normalized spacial score (nSPS) is 11.0. The number of benzene rings is 1. The van der Waals surface area contributed by atoms with E-state index in [-0.39, 0.29) is 6.04 Å². The standard InChI is InChI=1S/C9H13N.CH3NO2/c1-8(10)7-9-5-3-2-4-6-9;2-1(3)4/h2-6,8H,7,10H2,1H3;2H2,(H,3,4)/t8-;/m0./s1. The van der Waals surface area contributed by atoms with Crippen LogP contribution in [0.4, 0.5) is 4.79 Å². The Labute approximate surface area is 83.5 Å². The summed E-state index contributed by atoms with van der Waals surface area (Å²) in [6.07, 6.45) is -0.360. The smallest absolute Gasteiger partial charge is 0.402 e. The van der Waals surface area contributed by atoms with Crippen molar-refractivity contribution in [2.24, 2.45) is 11.5 Å². The molecule has 1 aromatic rings. The number of amides is 1. The lowest BCUT2D eigenvalue weighted by Crippen LogP contribution is -2.17. The van der Waals surface area contributed by atoms with E-state index in [1.807, 2.05) is 25.1 Å². The predicted octanol–water partition coefficient (Wildman–Crippen LogP) is 1.20. The summed E-state index contributed by atoms with van der Waals surface area (Å²) in [5.41, 5.74) is 11.0. The van der Waals surface area contributed by atoms with Crippen LogP contribution in [0.15, 0.2) is 30.3 Å². The third-order valence-corrected chi connectivity index (χ3v) is 1.40. The van der Waals surface area contributed by atoms with E-state index in [0.717, 1.165) is 6.42 Å². The third kappa shape index (κ3) is 8.55. The maximum absolute atomic E-state index is 8.78. The molecule has 1 rings (SSSR count). The molecule has 0 unspecified atom stereocenters. The lowest BCUT2D eigenvalue weighted by atomic mass is 10.1. The van der Waals surface area contributed by atoms with Gasteiger partial charge in [0.25, 0.3) is 0 Å². The highest BCUT2D eigenvalue weighted by Crippen LogP contribution is 2.00. The molecule has 1 aromatic carbocycles. The molecule has 0 fully saturated rings. The monoisotopic (exact) mass is 196 g/mol. The number of primary amides is 1. The Hall–Kier alpha value is -1.55. The van der Waals surface area contributed by atoms with Crippen molar-refractivity contribution in [1.29, 1.82) is 0 Å². The van der Waals surface area contributed by atoms with Crippen LogP contribution in [-0.4, -0.2) is 17.2 Å². The van der Waals surface area contributed by atoms with Gasteiger partial charge in [-0.3, -0.25) is 0 Å². The van der Waals surface area contributed by atoms with Crippen LogP contribution in [0, 0.1) is 0 Å². The Morgan fingerprint density at radius 3 is 2.21 bits per heavy atom. The molecule has 0 spiro atoms. The minimum atomic E-state index is -1.33. The highest BCUT2D eigenvalue weighted by atomic mass is 16.4. The molecule has 0 saturated heterocycles. The van der Waals surface area contributed by atoms with Crippen LogP contribution in [0.1, 0.15) is 12.5 Å². The SMILES string of the molecule is C[C@H](N)Cc1ccccc1.NC(=O)O. The summed E-state index contributed by atoms with van der Waals surface area (Å²) in [5.74, 6) is 0. The van der Waals surface area contributed by atoms with Crippen molar-refractivity contribution < 1.29 is 9.90 Å². The zero-order valence-corrected chi connectivity index (χ0v) is 8.18. The van der Waals surface area contributed by atoms with Crippen LogP contribution in [0.2, 0.25) is 0 Å². The van der Waals surface area contributed by atoms with Crippen molar-refractivity contribution in [2.45, 2.75) is 19.4 Å². The Balaban J connectivity index is 0.000000364. The minimum absolute atomic E-state index is 0.266. The number of hydrogen-bond acceptors (Lipinski definition) is 2. The second-order valence-electron chi connectivity index (χ2n) is 3.01. The third-order valence-electron chi connectivity index (χ3n) is 1.40. The molecular weight excluding hydrogens is 180 g/mol. The van der Waals surface area contributed by atoms with Gasteiger partial charge in [-0.1, -0.05) is 30.3 Å². The first-order valence-electron chi connectivity index (χ1n) is 4.30. The lowest BCUT2D eigenvalue weighted by molar-refractivity contribution is 0.205. The first kappa shape index (κ1) is 12.4. The number of carboxylic acid groups (broad SMARTS) is 1. The Morgan fingerprint density at radius 1 is 1.43 bits per heavy atom. The Kier molecular flexibility index (Phi) is 6.15. The van der Waals surface area contributed by atoms with Crippen LogP contribution >= 0.6 is 0 Å². The van der Waals surface area contributed by atoms with Crippen LogP contribution < -0.4 is 11.5 Å². The molecule has 0 saturated carbocycles. The van der Waals surface area contributed by atoms with Gasteiger partial charge in [0.1, 0.15) is 0 Å². The summed E-state index contributed by atoms with van der Waals surface area (Å²) < 4.78 is 0. The molecule has 0 aliphatic heterocycles. The maximum Gasteiger partial charge on any atom is 0.402 e. The topological polar surface area (TPSA) is 89.3 Å². The second kappa shape index (κ2) is 6.91. The number of carbonyl (C=O) groups is 1. The van der Waals surface area contributed by atoms with Crippen molar-refractivity contribution in [3.63, 3.8) is 0 Å². The van der Waals surface area contributed by atoms with Crippen molar-refractivity contribution >= 4 is 6.09 Å². The van der Waals surface area contributed by atoms with Crippen LogP contribution in [0.25, 0.3) is 0 Å². The molecule has 1 amide bonds. The minimum Gasteiger partial charge on any atom is -0.465 e. The van der Waals surface area contributed by atoms with Gasteiger partial charge in [-0.15, -0.1) is 0 Å². The summed E-state index contributed by atoms with van der Waals surface area (Å²) in [6, 6.07) is 10.6. The van der Waals surface area contributed by atoms with Crippen molar-refractivity contribution in [3.8, 4) is 0 Å². The molecule has 0 aliphatic rings. The second-order valence-corrected chi connectivity index (χ2v) is 3.01. The van der Waals surface area contributed by atoms with Gasteiger partial charge in [-0.05, 0) is 18.9 Å². The fourth-order valence-electron chi connectivity index (χ4n) is 0.986. The fraction of sp³-hybridized carbons (Fsp3) is 0.300. The summed E-state index contributed by atoms with van der Waals surface area (Å²) in [4.78, 5) is 8.78. The summed E-state index contributed by atoms with van der Waals surface area (Å²) >= 11 is 0. The predicted molar refractivity (Wildman–Crippen MR) is 56.0 cm³/mol. The van der Waals surface area contributed by atoms with E-state index in [2.05, 4.69) is 17.9 Å². The van der Waals surface area contributed by atoms with Crippen LogP contribution in [0.3, 0.4) is 0 Å². The van der Waals surface area contributed by atoms with Gasteiger partial charge in [0.2, 0.25) is 0 Å². The lowest BCUT2D eigenvalue weighted by Gasteiger charge is -2.02. The van der Waals surface area contributed by atoms with Gasteiger partial charge in [-0.2, -0.15) is 0 Å². The fourth-order valence-corrected chi connectivity index (χ4v) is 0.986. The van der Waals surface area contributed by atoms with Gasteiger partial charge in [0.15, 0.2) is 0 Å². The van der Waals surface area contributed by atoms with Crippen LogP contribution in [-0.2, 0) is 6.42 Å². The van der Waals surface area contributed by atoms with E-state index in [1.165, 1.54) is 5.56 Å². The average molecular weight is 196 g/mol. The first-order valence-corrected chi connectivity index (χ1v) is 4.30. The molecular formula is C10H16N2O2. The van der Waals surface area contributed by atoms with Gasteiger partial charge in [0.05, 0.1) is 0 Å². The molecule has 1 atom stereocenters. The molecule has 0 heterocycles. The molecule has 0 bridgehead atoms. The largest absolute Gasteiger partial charge is 0.465 e. The van der Waals surface area contributed by atoms with E-state index >= 15 is 0 Å². The molecule has 0 radical (unpaired) electrons. The number of rotatable bonds is 2. The quantitative estimate of drug-likeness (QED) is 0.663. The summed E-state index contributed by atoms with van der Waals surface area (Å²) in [7, 11) is 0. The molecule has 4 nitrogen and oxygen atoms in total. The van der Waals surface area contributed by atoms with Crippen LogP contribution in [0.5, 0.6) is 0 Å². The van der Waals surface area contributed by atoms with Crippen molar-refractivity contribution in [1.82, 2.24) is 0 Å². The van der Waals surface area contributed by atoms with Gasteiger partial charge < -0.3 is 16.6 Å². The van der Waals surface area contributed by atoms with Crippen molar-refractivity contribution in [3.05, 3.63) is 35.9 Å². The summed E-state index contributed by atoms with van der Waals surface area (Å²) in [6.45, 7) is 2.02. The molecule has 0 aromatic heterocycles. The molecule has 5 N–H and O–H groups in total. The van der Waals surface area contributed by atoms with E-state index in [4.69, 9.17) is 15.6 Å². The van der Waals surface area contributed by atoms with E-state index < -0.39 is 6.09 Å². The highest BCUT2D eigenvalue weighted by Gasteiger charge is 1.94. The average Bonchev–Trinajstić information content (AvgIpc) is 2.03. The number of nitrogens with two attached hydrogens (primary N) is 2. The van der Waals surface area contributed by atoms with Gasteiger partial charge in [-0.25, -0.2) is 4.79 Å². The van der Waals surface area contributed by atoms with Crippen molar-refractivity contribution in [2.75, 3.05) is 0 Å². The number of hydrogen-bond donors (Lipinski definition) is 3. The van der Waals surface area contributed by atoms with E-state index in [9.17, 15) is 0 Å². The first-order chi connectivity index (χ1) is 6.52. The molecule has 14 heavy (non-hydrogen) atoms. The molecule has 78 valence electrons.